The summed E-state index contributed by atoms with van der Waals surface area (Å²) >= 11 is 7.72. The van der Waals surface area contributed by atoms with Crippen LogP contribution >= 0.6 is 22.9 Å². The molecule has 4 aromatic rings. The number of nitrogens with zero attached hydrogens (tertiary/aromatic N) is 4. The first-order valence-electron chi connectivity index (χ1n) is 6.68. The molecular formula is C15H11ClN4OS. The van der Waals surface area contributed by atoms with Gasteiger partial charge in [0.2, 0.25) is 4.96 Å². The lowest BCUT2D eigenvalue weighted by atomic mass is 10.1. The normalized spacial score (nSPS) is 11.4. The summed E-state index contributed by atoms with van der Waals surface area (Å²) in [5, 5.41) is 14.2. The topological polar surface area (TPSA) is 56.2 Å². The first-order valence-corrected chi connectivity index (χ1v) is 7.87. The Hall–Kier alpha value is -2.18. The molecule has 0 bridgehead atoms. The number of hydrogen-bond donors (Lipinski definition) is 0. The molecule has 0 spiro atoms. The van der Waals surface area contributed by atoms with Crippen LogP contribution in [0.3, 0.4) is 0 Å². The van der Waals surface area contributed by atoms with E-state index in [-0.39, 0.29) is 0 Å². The molecule has 7 heteroatoms. The average Bonchev–Trinajstić information content (AvgIpc) is 3.16. The van der Waals surface area contributed by atoms with E-state index in [1.807, 2.05) is 44.2 Å². The van der Waals surface area contributed by atoms with Crippen LogP contribution in [0.2, 0.25) is 5.02 Å². The molecule has 0 aliphatic rings. The van der Waals surface area contributed by atoms with Gasteiger partial charge in [0.05, 0.1) is 10.6 Å². The van der Waals surface area contributed by atoms with Crippen molar-refractivity contribution in [2.24, 2.45) is 0 Å². The van der Waals surface area contributed by atoms with Crippen LogP contribution in [0.15, 0.2) is 34.7 Å². The molecule has 22 heavy (non-hydrogen) atoms. The molecule has 0 saturated heterocycles. The average molecular weight is 331 g/mol. The van der Waals surface area contributed by atoms with Crippen LogP contribution in [0, 0.1) is 13.8 Å². The highest BCUT2D eigenvalue weighted by atomic mass is 35.5. The Labute approximate surface area is 135 Å². The van der Waals surface area contributed by atoms with Crippen LogP contribution in [0.4, 0.5) is 0 Å². The SMILES string of the molecule is Cc1oc(-c2ccccc2Cl)cc1-c1nn2c(C)nnc2s1. The summed E-state index contributed by atoms with van der Waals surface area (Å²) in [5.74, 6) is 2.31. The first kappa shape index (κ1) is 13.5. The van der Waals surface area contributed by atoms with E-state index in [0.717, 1.165) is 38.4 Å². The van der Waals surface area contributed by atoms with Crippen LogP contribution in [-0.2, 0) is 0 Å². The van der Waals surface area contributed by atoms with Gasteiger partial charge in [0, 0.05) is 5.56 Å². The number of benzene rings is 1. The lowest BCUT2D eigenvalue weighted by molar-refractivity contribution is 0.549. The number of fused-ring (bicyclic) bond motifs is 1. The summed E-state index contributed by atoms with van der Waals surface area (Å²) < 4.78 is 7.61. The molecule has 0 atom stereocenters. The van der Waals surface area contributed by atoms with Gasteiger partial charge in [-0.25, -0.2) is 0 Å². The number of hydrogen-bond acceptors (Lipinski definition) is 5. The second-order valence-electron chi connectivity index (χ2n) is 4.91. The largest absolute Gasteiger partial charge is 0.461 e. The van der Waals surface area contributed by atoms with E-state index in [0.29, 0.717) is 5.02 Å². The Kier molecular flexibility index (Phi) is 3.02. The third-order valence-electron chi connectivity index (χ3n) is 3.43. The highest BCUT2D eigenvalue weighted by Crippen LogP contribution is 2.36. The van der Waals surface area contributed by atoms with Crippen LogP contribution < -0.4 is 0 Å². The van der Waals surface area contributed by atoms with Crippen molar-refractivity contribution in [3.63, 3.8) is 0 Å². The Morgan fingerprint density at radius 3 is 2.73 bits per heavy atom. The number of aryl methyl sites for hydroxylation is 2. The molecule has 0 fully saturated rings. The van der Waals surface area contributed by atoms with Gasteiger partial charge < -0.3 is 4.42 Å². The molecule has 3 heterocycles. The molecule has 0 aliphatic carbocycles. The van der Waals surface area contributed by atoms with Gasteiger partial charge in [-0.3, -0.25) is 0 Å². The maximum Gasteiger partial charge on any atom is 0.234 e. The number of halogens is 1. The van der Waals surface area contributed by atoms with Crippen molar-refractivity contribution in [3.05, 3.63) is 46.9 Å². The summed E-state index contributed by atoms with van der Waals surface area (Å²) in [5.41, 5.74) is 1.82. The van der Waals surface area contributed by atoms with E-state index < -0.39 is 0 Å². The minimum absolute atomic E-state index is 0.664. The third-order valence-corrected chi connectivity index (χ3v) is 4.70. The second-order valence-corrected chi connectivity index (χ2v) is 6.27. The molecule has 0 radical (unpaired) electrons. The molecule has 0 N–H and O–H groups in total. The van der Waals surface area contributed by atoms with E-state index in [1.54, 1.807) is 4.52 Å². The van der Waals surface area contributed by atoms with Crippen molar-refractivity contribution in [2.75, 3.05) is 0 Å². The van der Waals surface area contributed by atoms with Crippen molar-refractivity contribution in [1.82, 2.24) is 19.8 Å². The zero-order chi connectivity index (χ0) is 15.3. The molecule has 3 aromatic heterocycles. The lowest BCUT2D eigenvalue weighted by Crippen LogP contribution is -1.88. The first-order chi connectivity index (χ1) is 10.6. The maximum atomic E-state index is 6.24. The van der Waals surface area contributed by atoms with Gasteiger partial charge in [-0.05, 0) is 32.0 Å². The van der Waals surface area contributed by atoms with Crippen LogP contribution in [-0.4, -0.2) is 19.8 Å². The van der Waals surface area contributed by atoms with E-state index in [4.69, 9.17) is 16.0 Å². The maximum absolute atomic E-state index is 6.24. The van der Waals surface area contributed by atoms with Gasteiger partial charge in [0.25, 0.3) is 0 Å². The monoisotopic (exact) mass is 330 g/mol. The van der Waals surface area contributed by atoms with E-state index in [9.17, 15) is 0 Å². The van der Waals surface area contributed by atoms with Gasteiger partial charge in [0.15, 0.2) is 10.8 Å². The lowest BCUT2D eigenvalue weighted by Gasteiger charge is -1.98. The molecule has 0 aliphatic heterocycles. The van der Waals surface area contributed by atoms with Gasteiger partial charge in [-0.2, -0.15) is 9.61 Å². The van der Waals surface area contributed by atoms with Gasteiger partial charge in [0.1, 0.15) is 11.5 Å². The highest BCUT2D eigenvalue weighted by Gasteiger charge is 2.17. The van der Waals surface area contributed by atoms with Gasteiger partial charge >= 0.3 is 0 Å². The molecule has 5 nitrogen and oxygen atoms in total. The number of furan rings is 1. The molecule has 0 unspecified atom stereocenters. The standard InChI is InChI=1S/C15H11ClN4OS/c1-8-11(14-19-20-9(2)17-18-15(20)22-14)7-13(21-8)10-5-3-4-6-12(10)16/h3-7H,1-2H3. The fourth-order valence-electron chi connectivity index (χ4n) is 2.31. The van der Waals surface area contributed by atoms with Crippen molar-refractivity contribution < 1.29 is 4.42 Å². The molecule has 4 rings (SSSR count). The Balaban J connectivity index is 1.84. The van der Waals surface area contributed by atoms with Crippen LogP contribution in [0.5, 0.6) is 0 Å². The quantitative estimate of drug-likeness (QED) is 0.547. The zero-order valence-corrected chi connectivity index (χ0v) is 13.4. The minimum Gasteiger partial charge on any atom is -0.461 e. The third kappa shape index (κ3) is 2.03. The molecule has 0 amide bonds. The van der Waals surface area contributed by atoms with E-state index >= 15 is 0 Å². The smallest absolute Gasteiger partial charge is 0.234 e. The van der Waals surface area contributed by atoms with Crippen molar-refractivity contribution in [1.29, 1.82) is 0 Å². The fourth-order valence-corrected chi connectivity index (χ4v) is 3.49. The summed E-state index contributed by atoms with van der Waals surface area (Å²) in [6, 6.07) is 9.59. The number of aromatic nitrogens is 4. The molecule has 0 saturated carbocycles. The summed E-state index contributed by atoms with van der Waals surface area (Å²) in [6.45, 7) is 3.80. The Morgan fingerprint density at radius 1 is 1.14 bits per heavy atom. The minimum atomic E-state index is 0.664. The highest BCUT2D eigenvalue weighted by molar-refractivity contribution is 7.19. The molecule has 110 valence electrons. The van der Waals surface area contributed by atoms with Gasteiger partial charge in [-0.1, -0.05) is 35.1 Å². The zero-order valence-electron chi connectivity index (χ0n) is 11.9. The Bertz CT molecular complexity index is 985. The molecule has 1 aromatic carbocycles. The van der Waals surface area contributed by atoms with Crippen LogP contribution in [0.25, 0.3) is 26.9 Å². The van der Waals surface area contributed by atoms with E-state index in [1.165, 1.54) is 11.3 Å². The number of rotatable bonds is 2. The molecular weight excluding hydrogens is 320 g/mol. The second kappa shape index (κ2) is 4.93. The van der Waals surface area contributed by atoms with Crippen molar-refractivity contribution in [2.45, 2.75) is 13.8 Å². The van der Waals surface area contributed by atoms with E-state index in [2.05, 4.69) is 15.3 Å². The Morgan fingerprint density at radius 2 is 1.95 bits per heavy atom. The summed E-state index contributed by atoms with van der Waals surface area (Å²) in [4.78, 5) is 0.771. The van der Waals surface area contributed by atoms with Crippen molar-refractivity contribution >= 4 is 27.9 Å². The summed E-state index contributed by atoms with van der Waals surface area (Å²) in [7, 11) is 0. The van der Waals surface area contributed by atoms with Crippen molar-refractivity contribution in [3.8, 4) is 21.9 Å². The van der Waals surface area contributed by atoms with Crippen LogP contribution in [0.1, 0.15) is 11.6 Å². The fraction of sp³-hybridized carbons (Fsp3) is 0.133. The summed E-state index contributed by atoms with van der Waals surface area (Å²) in [6.07, 6.45) is 0. The predicted octanol–water partition coefficient (Wildman–Crippen LogP) is 4.38. The van der Waals surface area contributed by atoms with Gasteiger partial charge in [-0.15, -0.1) is 10.2 Å². The predicted molar refractivity (Wildman–Crippen MR) is 86.3 cm³/mol.